The number of benzene rings is 2. The Kier molecular flexibility index (Phi) is 7.78. The molecule has 3 aromatic rings. The molecule has 2 aromatic carbocycles. The number of aryl methyl sites for hydroxylation is 3. The first-order chi connectivity index (χ1) is 15.7. The Hall–Kier alpha value is -3.30. The van der Waals surface area contributed by atoms with Crippen molar-refractivity contribution in [3.8, 4) is 0 Å². The lowest BCUT2D eigenvalue weighted by atomic mass is 10.1. The number of rotatable bonds is 8. The van der Waals surface area contributed by atoms with Crippen LogP contribution in [0.1, 0.15) is 33.5 Å². The van der Waals surface area contributed by atoms with E-state index in [2.05, 4.69) is 15.6 Å². The van der Waals surface area contributed by atoms with Gasteiger partial charge in [0.25, 0.3) is 11.5 Å². The van der Waals surface area contributed by atoms with Crippen LogP contribution in [-0.4, -0.2) is 41.6 Å². The summed E-state index contributed by atoms with van der Waals surface area (Å²) in [7, 11) is 1.60. The highest BCUT2D eigenvalue weighted by Gasteiger charge is 2.13. The summed E-state index contributed by atoms with van der Waals surface area (Å²) >= 11 is 5.32. The van der Waals surface area contributed by atoms with Crippen LogP contribution in [0.5, 0.6) is 0 Å². The summed E-state index contributed by atoms with van der Waals surface area (Å²) in [5, 5.41) is 5.91. The van der Waals surface area contributed by atoms with Crippen molar-refractivity contribution in [1.82, 2.24) is 14.9 Å². The van der Waals surface area contributed by atoms with Crippen LogP contribution in [0.4, 0.5) is 5.69 Å². The maximum atomic E-state index is 12.8. The zero-order valence-electron chi connectivity index (χ0n) is 19.2. The third-order valence-corrected chi connectivity index (χ3v) is 5.65. The van der Waals surface area contributed by atoms with Crippen molar-refractivity contribution < 1.29 is 14.3 Å². The highest BCUT2D eigenvalue weighted by molar-refractivity contribution is 7.71. The van der Waals surface area contributed by atoms with Crippen LogP contribution in [0.3, 0.4) is 0 Å². The molecule has 8 nitrogen and oxygen atoms in total. The lowest BCUT2D eigenvalue weighted by Gasteiger charge is -2.13. The van der Waals surface area contributed by atoms with Gasteiger partial charge in [-0.2, -0.15) is 0 Å². The van der Waals surface area contributed by atoms with Gasteiger partial charge in [-0.25, -0.2) is 0 Å². The Labute approximate surface area is 197 Å². The molecule has 0 aliphatic heterocycles. The number of amides is 2. The third kappa shape index (κ3) is 5.74. The lowest BCUT2D eigenvalue weighted by Crippen LogP contribution is -2.33. The van der Waals surface area contributed by atoms with Crippen molar-refractivity contribution in [2.45, 2.75) is 33.7 Å². The third-order valence-electron chi connectivity index (χ3n) is 5.33. The van der Waals surface area contributed by atoms with Crippen molar-refractivity contribution in [1.29, 1.82) is 0 Å². The molecular formula is C24H28N4O4S. The maximum absolute atomic E-state index is 12.8. The number of carbonyl (C=O) groups excluding carboxylic acids is 2. The summed E-state index contributed by atoms with van der Waals surface area (Å²) in [5.74, 6) is -0.745. The van der Waals surface area contributed by atoms with E-state index in [-0.39, 0.29) is 22.8 Å². The second-order valence-corrected chi connectivity index (χ2v) is 8.38. The standard InChI is InChI=1S/C24H28N4O4S/c1-14-10-15(2)21(16(3)11-14)27-20(29)13-25-22(30)17-6-7-18-19(12-17)26-24(33)28(23(18)31)8-5-9-32-4/h6-7,10-12H,5,8-9,13H2,1-4H3,(H,25,30)(H,26,33)(H,27,29). The second kappa shape index (κ2) is 10.5. The molecule has 3 N–H and O–H groups in total. The van der Waals surface area contributed by atoms with E-state index in [1.807, 2.05) is 32.9 Å². The van der Waals surface area contributed by atoms with Crippen molar-refractivity contribution in [3.63, 3.8) is 0 Å². The van der Waals surface area contributed by atoms with Gasteiger partial charge < -0.3 is 20.4 Å². The number of nitrogens with zero attached hydrogens (tertiary/aromatic N) is 1. The molecule has 0 fully saturated rings. The van der Waals surface area contributed by atoms with E-state index < -0.39 is 5.91 Å². The van der Waals surface area contributed by atoms with Crippen molar-refractivity contribution in [2.24, 2.45) is 0 Å². The SMILES string of the molecule is COCCCn1c(=S)[nH]c2cc(C(=O)NCC(=O)Nc3c(C)cc(C)cc3C)ccc2c1=O. The van der Waals surface area contributed by atoms with Crippen LogP contribution in [0.25, 0.3) is 10.9 Å². The predicted molar refractivity (Wildman–Crippen MR) is 132 cm³/mol. The normalized spacial score (nSPS) is 10.9. The summed E-state index contributed by atoms with van der Waals surface area (Å²) in [6.45, 7) is 6.64. The topological polar surface area (TPSA) is 105 Å². The Bertz CT molecular complexity index is 1300. The molecule has 1 heterocycles. The lowest BCUT2D eigenvalue weighted by molar-refractivity contribution is -0.115. The molecule has 0 aliphatic carbocycles. The molecule has 1 aromatic heterocycles. The highest BCUT2D eigenvalue weighted by Crippen LogP contribution is 2.21. The van der Waals surface area contributed by atoms with Crippen LogP contribution in [-0.2, 0) is 16.1 Å². The van der Waals surface area contributed by atoms with Gasteiger partial charge in [0, 0.05) is 31.5 Å². The van der Waals surface area contributed by atoms with Crippen LogP contribution >= 0.6 is 12.2 Å². The van der Waals surface area contributed by atoms with Crippen LogP contribution < -0.4 is 16.2 Å². The first-order valence-corrected chi connectivity index (χ1v) is 11.0. The number of hydrogen-bond acceptors (Lipinski definition) is 5. The number of methoxy groups -OCH3 is 1. The molecule has 0 unspecified atom stereocenters. The summed E-state index contributed by atoms with van der Waals surface area (Å²) in [6.07, 6.45) is 0.656. The number of anilines is 1. The van der Waals surface area contributed by atoms with Gasteiger partial charge in [-0.3, -0.25) is 19.0 Å². The minimum atomic E-state index is -0.423. The summed E-state index contributed by atoms with van der Waals surface area (Å²) in [5.41, 5.74) is 4.36. The quantitative estimate of drug-likeness (QED) is 0.347. The zero-order valence-corrected chi connectivity index (χ0v) is 20.0. The molecule has 174 valence electrons. The van der Waals surface area contributed by atoms with Crippen molar-refractivity contribution >= 4 is 40.6 Å². The molecule has 9 heteroatoms. The summed E-state index contributed by atoms with van der Waals surface area (Å²) < 4.78 is 6.79. The Morgan fingerprint density at radius 2 is 1.82 bits per heavy atom. The molecule has 0 saturated carbocycles. The van der Waals surface area contributed by atoms with Gasteiger partial charge in [-0.15, -0.1) is 0 Å². The molecule has 0 aliphatic rings. The smallest absolute Gasteiger partial charge is 0.262 e. The average Bonchev–Trinajstić information content (AvgIpc) is 2.76. The zero-order chi connectivity index (χ0) is 24.1. The number of fused-ring (bicyclic) bond motifs is 1. The van der Waals surface area contributed by atoms with E-state index in [1.165, 1.54) is 4.57 Å². The monoisotopic (exact) mass is 468 g/mol. The summed E-state index contributed by atoms with van der Waals surface area (Å²) in [4.78, 5) is 40.8. The first kappa shape index (κ1) is 24.3. The molecule has 0 atom stereocenters. The highest BCUT2D eigenvalue weighted by atomic mass is 32.1. The number of H-pyrrole nitrogens is 1. The van der Waals surface area contributed by atoms with E-state index in [1.54, 1.807) is 25.3 Å². The Morgan fingerprint density at radius 1 is 1.12 bits per heavy atom. The minimum absolute atomic E-state index is 0.180. The molecule has 0 spiro atoms. The molecule has 33 heavy (non-hydrogen) atoms. The van der Waals surface area contributed by atoms with E-state index in [4.69, 9.17) is 17.0 Å². The fourth-order valence-electron chi connectivity index (χ4n) is 3.79. The maximum Gasteiger partial charge on any atom is 0.262 e. The molecule has 3 rings (SSSR count). The van der Waals surface area contributed by atoms with Crippen molar-refractivity contribution in [2.75, 3.05) is 25.6 Å². The van der Waals surface area contributed by atoms with Gasteiger partial charge in [-0.05, 0) is 68.7 Å². The van der Waals surface area contributed by atoms with Gasteiger partial charge in [-0.1, -0.05) is 17.7 Å². The van der Waals surface area contributed by atoms with E-state index in [0.717, 1.165) is 22.4 Å². The number of aromatic nitrogens is 2. The van der Waals surface area contributed by atoms with E-state index in [9.17, 15) is 14.4 Å². The Balaban J connectivity index is 1.71. The Morgan fingerprint density at radius 3 is 2.48 bits per heavy atom. The van der Waals surface area contributed by atoms with Crippen LogP contribution in [0.2, 0.25) is 0 Å². The van der Waals surface area contributed by atoms with Gasteiger partial charge in [0.1, 0.15) is 0 Å². The second-order valence-electron chi connectivity index (χ2n) is 8.00. The minimum Gasteiger partial charge on any atom is -0.385 e. The predicted octanol–water partition coefficient (Wildman–Crippen LogP) is 3.39. The number of aromatic amines is 1. The number of ether oxygens (including phenoxy) is 1. The summed E-state index contributed by atoms with van der Waals surface area (Å²) in [6, 6.07) is 8.69. The number of nitrogens with one attached hydrogen (secondary N) is 3. The van der Waals surface area contributed by atoms with Crippen LogP contribution in [0.15, 0.2) is 35.1 Å². The fraction of sp³-hybridized carbons (Fsp3) is 0.333. The van der Waals surface area contributed by atoms with E-state index in [0.29, 0.717) is 36.0 Å². The van der Waals surface area contributed by atoms with Gasteiger partial charge in [0.05, 0.1) is 17.4 Å². The van der Waals surface area contributed by atoms with E-state index >= 15 is 0 Å². The van der Waals surface area contributed by atoms with Gasteiger partial charge >= 0.3 is 0 Å². The molecule has 0 saturated heterocycles. The fourth-order valence-corrected chi connectivity index (χ4v) is 4.07. The average molecular weight is 469 g/mol. The number of carbonyl (C=O) groups is 2. The van der Waals surface area contributed by atoms with Gasteiger partial charge in [0.2, 0.25) is 5.91 Å². The van der Waals surface area contributed by atoms with Crippen LogP contribution in [0, 0.1) is 25.5 Å². The number of hydrogen-bond donors (Lipinski definition) is 3. The van der Waals surface area contributed by atoms with Gasteiger partial charge in [0.15, 0.2) is 4.77 Å². The molecule has 0 bridgehead atoms. The largest absolute Gasteiger partial charge is 0.385 e. The molecule has 0 radical (unpaired) electrons. The van der Waals surface area contributed by atoms with Crippen molar-refractivity contribution in [3.05, 3.63) is 67.7 Å². The first-order valence-electron chi connectivity index (χ1n) is 10.6. The molecular weight excluding hydrogens is 440 g/mol. The molecule has 2 amide bonds.